The molecule has 13 heavy (non-hydrogen) atoms. The summed E-state index contributed by atoms with van der Waals surface area (Å²) in [5, 5.41) is 2.47. The molecule has 0 unspecified atom stereocenters. The van der Waals surface area contributed by atoms with Gasteiger partial charge in [0.2, 0.25) is 0 Å². The molecule has 1 aliphatic heterocycles. The Balaban J connectivity index is 1.86. The van der Waals surface area contributed by atoms with E-state index < -0.39 is 6.03 Å². The van der Waals surface area contributed by atoms with Gasteiger partial charge in [0.25, 0.3) is 0 Å². The Hall–Kier alpha value is -0.810. The summed E-state index contributed by atoms with van der Waals surface area (Å²) in [5.41, 5.74) is 4.88. The highest BCUT2D eigenvalue weighted by atomic mass is 16.5. The molecule has 5 nitrogen and oxygen atoms in total. The Morgan fingerprint density at radius 1 is 1.46 bits per heavy atom. The Labute approximate surface area is 78.2 Å². The minimum Gasteiger partial charge on any atom is -0.364 e. The lowest BCUT2D eigenvalue weighted by atomic mass is 10.4. The molecule has 0 spiro atoms. The first kappa shape index (κ1) is 10.3. The average molecular weight is 187 g/mol. The maximum atomic E-state index is 10.3. The summed E-state index contributed by atoms with van der Waals surface area (Å²) in [5.74, 6) is 0. The molecule has 3 N–H and O–H groups in total. The van der Waals surface area contributed by atoms with Gasteiger partial charge in [0.1, 0.15) is 0 Å². The van der Waals surface area contributed by atoms with Gasteiger partial charge in [-0.15, -0.1) is 0 Å². The second-order valence-electron chi connectivity index (χ2n) is 3.15. The molecule has 0 saturated carbocycles. The van der Waals surface area contributed by atoms with Crippen molar-refractivity contribution in [3.05, 3.63) is 0 Å². The van der Waals surface area contributed by atoms with Crippen molar-refractivity contribution in [2.24, 2.45) is 5.73 Å². The number of primary amides is 1. The molecule has 2 amide bonds. The zero-order valence-corrected chi connectivity index (χ0v) is 7.79. The summed E-state index contributed by atoms with van der Waals surface area (Å²) < 4.78 is 5.32. The molecule has 0 radical (unpaired) electrons. The smallest absolute Gasteiger partial charge is 0.312 e. The molecule has 1 fully saturated rings. The lowest BCUT2D eigenvalue weighted by molar-refractivity contribution is 0.0443. The van der Waals surface area contributed by atoms with E-state index in [4.69, 9.17) is 10.5 Å². The van der Waals surface area contributed by atoms with E-state index in [0.717, 1.165) is 13.1 Å². The van der Waals surface area contributed by atoms with Crippen LogP contribution in [0, 0.1) is 0 Å². The van der Waals surface area contributed by atoms with Crippen molar-refractivity contribution in [1.82, 2.24) is 10.2 Å². The van der Waals surface area contributed by atoms with Gasteiger partial charge < -0.3 is 15.8 Å². The van der Waals surface area contributed by atoms with E-state index in [0.29, 0.717) is 19.9 Å². The van der Waals surface area contributed by atoms with Crippen LogP contribution >= 0.6 is 0 Å². The van der Waals surface area contributed by atoms with Crippen molar-refractivity contribution < 1.29 is 9.53 Å². The Morgan fingerprint density at radius 3 is 2.77 bits per heavy atom. The van der Waals surface area contributed by atoms with Gasteiger partial charge in [0.05, 0.1) is 13.3 Å². The fraction of sp³-hybridized carbons (Fsp3) is 0.875. The molecular weight excluding hydrogens is 170 g/mol. The normalized spacial score (nSPS) is 17.5. The molecule has 1 aliphatic rings. The van der Waals surface area contributed by atoms with E-state index in [1.54, 1.807) is 0 Å². The molecule has 1 rings (SSSR count). The van der Waals surface area contributed by atoms with Gasteiger partial charge >= 0.3 is 6.03 Å². The Kier molecular flexibility index (Phi) is 4.56. The second kappa shape index (κ2) is 5.77. The summed E-state index contributed by atoms with van der Waals surface area (Å²) in [6.45, 7) is 3.94. The Bertz CT molecular complexity index is 157. The minimum atomic E-state index is -0.496. The van der Waals surface area contributed by atoms with Crippen molar-refractivity contribution in [2.75, 3.05) is 33.0 Å². The van der Waals surface area contributed by atoms with Gasteiger partial charge in [-0.2, -0.15) is 0 Å². The summed E-state index contributed by atoms with van der Waals surface area (Å²) in [4.78, 5) is 12.5. The van der Waals surface area contributed by atoms with Crippen LogP contribution in [-0.4, -0.2) is 43.9 Å². The quantitative estimate of drug-likeness (QED) is 0.582. The van der Waals surface area contributed by atoms with Crippen molar-refractivity contribution in [2.45, 2.75) is 12.8 Å². The molecule has 0 atom stereocenters. The Morgan fingerprint density at radius 2 is 2.15 bits per heavy atom. The molecule has 0 aromatic carbocycles. The molecule has 0 aromatic rings. The number of nitrogens with two attached hydrogens (primary N) is 1. The van der Waals surface area contributed by atoms with Gasteiger partial charge in [-0.25, -0.2) is 4.79 Å². The maximum Gasteiger partial charge on any atom is 0.312 e. The zero-order chi connectivity index (χ0) is 9.52. The van der Waals surface area contributed by atoms with Crippen molar-refractivity contribution in [3.8, 4) is 0 Å². The van der Waals surface area contributed by atoms with E-state index >= 15 is 0 Å². The van der Waals surface area contributed by atoms with E-state index in [1.807, 2.05) is 0 Å². The second-order valence-corrected chi connectivity index (χ2v) is 3.15. The first-order valence-corrected chi connectivity index (χ1v) is 4.62. The van der Waals surface area contributed by atoms with Crippen molar-refractivity contribution in [1.29, 1.82) is 0 Å². The SMILES string of the molecule is NC(=O)NCCOCN1CCCC1. The number of nitrogens with zero attached hydrogens (tertiary/aromatic N) is 1. The number of hydrogen-bond acceptors (Lipinski definition) is 3. The third-order valence-corrected chi connectivity index (χ3v) is 2.02. The minimum absolute atomic E-state index is 0.489. The lowest BCUT2D eigenvalue weighted by Gasteiger charge is -2.14. The topological polar surface area (TPSA) is 67.6 Å². The van der Waals surface area contributed by atoms with E-state index in [9.17, 15) is 4.79 Å². The van der Waals surface area contributed by atoms with Gasteiger partial charge in [-0.3, -0.25) is 4.90 Å². The molecule has 0 bridgehead atoms. The number of rotatable bonds is 5. The summed E-state index contributed by atoms with van der Waals surface area (Å²) >= 11 is 0. The molecule has 1 saturated heterocycles. The van der Waals surface area contributed by atoms with Crippen LogP contribution in [0.1, 0.15) is 12.8 Å². The van der Waals surface area contributed by atoms with Gasteiger partial charge in [0.15, 0.2) is 0 Å². The van der Waals surface area contributed by atoms with E-state index in [2.05, 4.69) is 10.2 Å². The number of nitrogens with one attached hydrogen (secondary N) is 1. The maximum absolute atomic E-state index is 10.3. The van der Waals surface area contributed by atoms with Gasteiger partial charge in [0, 0.05) is 19.6 Å². The number of amides is 2. The van der Waals surface area contributed by atoms with Gasteiger partial charge in [-0.05, 0) is 12.8 Å². The number of likely N-dealkylation sites (tertiary alicyclic amines) is 1. The van der Waals surface area contributed by atoms with Crippen LogP contribution < -0.4 is 11.1 Å². The van der Waals surface area contributed by atoms with Crippen LogP contribution in [-0.2, 0) is 4.74 Å². The van der Waals surface area contributed by atoms with Crippen LogP contribution in [0.4, 0.5) is 4.79 Å². The van der Waals surface area contributed by atoms with Crippen LogP contribution in [0.25, 0.3) is 0 Å². The van der Waals surface area contributed by atoms with Gasteiger partial charge in [-0.1, -0.05) is 0 Å². The summed E-state index contributed by atoms with van der Waals surface area (Å²) in [6.07, 6.45) is 2.53. The third kappa shape index (κ3) is 4.69. The predicted octanol–water partition coefficient (Wildman–Crippen LogP) is -0.275. The highest BCUT2D eigenvalue weighted by molar-refractivity contribution is 5.71. The number of urea groups is 1. The van der Waals surface area contributed by atoms with Crippen molar-refractivity contribution in [3.63, 3.8) is 0 Å². The summed E-state index contributed by atoms with van der Waals surface area (Å²) in [6, 6.07) is -0.496. The lowest BCUT2D eigenvalue weighted by Crippen LogP contribution is -2.33. The highest BCUT2D eigenvalue weighted by Gasteiger charge is 2.10. The third-order valence-electron chi connectivity index (χ3n) is 2.02. The standard InChI is InChI=1S/C8H17N3O2/c9-8(12)10-3-6-13-7-11-4-1-2-5-11/h1-7H2,(H3,9,10,12). The first-order chi connectivity index (χ1) is 6.29. The fourth-order valence-electron chi connectivity index (χ4n) is 1.35. The molecular formula is C8H17N3O2. The first-order valence-electron chi connectivity index (χ1n) is 4.62. The number of hydrogen-bond donors (Lipinski definition) is 2. The highest BCUT2D eigenvalue weighted by Crippen LogP contribution is 2.05. The summed E-state index contributed by atoms with van der Waals surface area (Å²) in [7, 11) is 0. The number of carbonyl (C=O) groups excluding carboxylic acids is 1. The monoisotopic (exact) mass is 187 g/mol. The predicted molar refractivity (Wildman–Crippen MR) is 49.2 cm³/mol. The molecule has 5 heteroatoms. The largest absolute Gasteiger partial charge is 0.364 e. The number of ether oxygens (including phenoxy) is 1. The number of carbonyl (C=O) groups is 1. The van der Waals surface area contributed by atoms with Crippen molar-refractivity contribution >= 4 is 6.03 Å². The fourth-order valence-corrected chi connectivity index (χ4v) is 1.35. The van der Waals surface area contributed by atoms with Crippen LogP contribution in [0.15, 0.2) is 0 Å². The average Bonchev–Trinajstić information content (AvgIpc) is 2.55. The van der Waals surface area contributed by atoms with E-state index in [-0.39, 0.29) is 0 Å². The van der Waals surface area contributed by atoms with Crippen LogP contribution in [0.3, 0.4) is 0 Å². The molecule has 0 aromatic heterocycles. The molecule has 76 valence electrons. The van der Waals surface area contributed by atoms with E-state index in [1.165, 1.54) is 12.8 Å². The zero-order valence-electron chi connectivity index (χ0n) is 7.79. The van der Waals surface area contributed by atoms with Crippen LogP contribution in [0.5, 0.6) is 0 Å². The molecule has 0 aliphatic carbocycles. The van der Waals surface area contributed by atoms with Crippen LogP contribution in [0.2, 0.25) is 0 Å². The molecule has 1 heterocycles.